The SMILES string of the molecule is Nc1ncnc2c1[nH]c(=O)n2C1OC(CO)C(O)C1O. The van der Waals surface area contributed by atoms with Gasteiger partial charge in [-0.15, -0.1) is 0 Å². The summed E-state index contributed by atoms with van der Waals surface area (Å²) >= 11 is 0. The number of nitrogen functional groups attached to an aromatic ring is 1. The molecule has 0 bridgehead atoms. The second-order valence-corrected chi connectivity index (χ2v) is 4.49. The smallest absolute Gasteiger partial charge is 0.330 e. The average Bonchev–Trinajstić information content (AvgIpc) is 2.90. The summed E-state index contributed by atoms with van der Waals surface area (Å²) in [5, 5.41) is 28.7. The fourth-order valence-electron chi connectivity index (χ4n) is 2.28. The Morgan fingerprint density at radius 2 is 2.15 bits per heavy atom. The van der Waals surface area contributed by atoms with Crippen LogP contribution in [0.15, 0.2) is 11.1 Å². The monoisotopic (exact) mass is 283 g/mol. The first-order chi connectivity index (χ1) is 9.54. The highest BCUT2D eigenvalue weighted by atomic mass is 16.6. The summed E-state index contributed by atoms with van der Waals surface area (Å²) in [6, 6.07) is 0. The molecule has 20 heavy (non-hydrogen) atoms. The molecule has 0 spiro atoms. The number of aromatic nitrogens is 4. The summed E-state index contributed by atoms with van der Waals surface area (Å²) in [5.74, 6) is 0.0811. The van der Waals surface area contributed by atoms with E-state index in [0.29, 0.717) is 0 Å². The summed E-state index contributed by atoms with van der Waals surface area (Å²) < 4.78 is 6.34. The zero-order chi connectivity index (χ0) is 14.4. The molecule has 3 rings (SSSR count). The Morgan fingerprint density at radius 1 is 1.40 bits per heavy atom. The zero-order valence-electron chi connectivity index (χ0n) is 10.2. The first-order valence-corrected chi connectivity index (χ1v) is 5.87. The number of imidazole rings is 1. The van der Waals surface area contributed by atoms with Crippen LogP contribution in [0.1, 0.15) is 6.23 Å². The first-order valence-electron chi connectivity index (χ1n) is 5.87. The van der Waals surface area contributed by atoms with E-state index in [-0.39, 0.29) is 17.0 Å². The number of rotatable bonds is 2. The van der Waals surface area contributed by atoms with E-state index < -0.39 is 36.8 Å². The summed E-state index contributed by atoms with van der Waals surface area (Å²) in [5.41, 5.74) is 5.38. The minimum atomic E-state index is -1.37. The van der Waals surface area contributed by atoms with Crippen molar-refractivity contribution in [2.45, 2.75) is 24.5 Å². The molecule has 1 aliphatic rings. The van der Waals surface area contributed by atoms with Gasteiger partial charge in [0.15, 0.2) is 17.7 Å². The number of nitrogens with zero attached hydrogens (tertiary/aromatic N) is 3. The van der Waals surface area contributed by atoms with Gasteiger partial charge in [-0.2, -0.15) is 0 Å². The Kier molecular flexibility index (Phi) is 2.94. The number of nitrogens with one attached hydrogen (secondary N) is 1. The van der Waals surface area contributed by atoms with E-state index in [0.717, 1.165) is 4.57 Å². The number of aliphatic hydroxyl groups excluding tert-OH is 3. The number of aliphatic hydroxyl groups is 3. The van der Waals surface area contributed by atoms with Crippen LogP contribution in [0, 0.1) is 0 Å². The lowest BCUT2D eigenvalue weighted by atomic mass is 10.1. The van der Waals surface area contributed by atoms with Crippen LogP contribution in [0.2, 0.25) is 0 Å². The Balaban J connectivity index is 2.14. The number of fused-ring (bicyclic) bond motifs is 1. The van der Waals surface area contributed by atoms with Crippen LogP contribution in [0.5, 0.6) is 0 Å². The first kappa shape index (κ1) is 13.0. The van der Waals surface area contributed by atoms with Crippen LogP contribution in [-0.2, 0) is 4.74 Å². The topological polar surface area (TPSA) is 160 Å². The van der Waals surface area contributed by atoms with Gasteiger partial charge in [0, 0.05) is 0 Å². The number of aromatic amines is 1. The molecule has 1 saturated heterocycles. The van der Waals surface area contributed by atoms with Crippen LogP contribution in [0.25, 0.3) is 11.2 Å². The number of hydrogen-bond donors (Lipinski definition) is 5. The quantitative estimate of drug-likeness (QED) is 0.398. The van der Waals surface area contributed by atoms with Crippen LogP contribution in [-0.4, -0.2) is 59.8 Å². The third-order valence-corrected chi connectivity index (χ3v) is 3.31. The van der Waals surface area contributed by atoms with E-state index in [4.69, 9.17) is 15.6 Å². The van der Waals surface area contributed by atoms with E-state index in [2.05, 4.69) is 15.0 Å². The average molecular weight is 283 g/mol. The van der Waals surface area contributed by atoms with Crippen LogP contribution in [0.3, 0.4) is 0 Å². The minimum absolute atomic E-state index is 0.0811. The van der Waals surface area contributed by atoms with Crippen molar-refractivity contribution >= 4 is 17.0 Å². The number of hydrogen-bond acceptors (Lipinski definition) is 8. The molecule has 10 heteroatoms. The zero-order valence-corrected chi connectivity index (χ0v) is 10.2. The summed E-state index contributed by atoms with van der Waals surface area (Å²) in [7, 11) is 0. The molecule has 4 atom stereocenters. The van der Waals surface area contributed by atoms with Gasteiger partial charge in [0.05, 0.1) is 6.61 Å². The Hall–Kier alpha value is -2.01. The predicted octanol–water partition coefficient (Wildman–Crippen LogP) is -2.69. The minimum Gasteiger partial charge on any atom is -0.394 e. The molecule has 108 valence electrons. The molecule has 1 aliphatic heterocycles. The molecular formula is C10H13N5O5. The molecule has 0 radical (unpaired) electrons. The van der Waals surface area contributed by atoms with Gasteiger partial charge < -0.3 is 30.8 Å². The van der Waals surface area contributed by atoms with Gasteiger partial charge in [0.1, 0.15) is 30.2 Å². The Bertz CT molecular complexity index is 697. The molecule has 10 nitrogen and oxygen atoms in total. The van der Waals surface area contributed by atoms with Gasteiger partial charge in [0.25, 0.3) is 0 Å². The maximum Gasteiger partial charge on any atom is 0.330 e. The second kappa shape index (κ2) is 4.52. The fraction of sp³-hybridized carbons (Fsp3) is 0.500. The molecule has 6 N–H and O–H groups in total. The Morgan fingerprint density at radius 3 is 2.80 bits per heavy atom. The largest absolute Gasteiger partial charge is 0.394 e. The fourth-order valence-corrected chi connectivity index (χ4v) is 2.28. The van der Waals surface area contributed by atoms with Crippen molar-refractivity contribution in [2.75, 3.05) is 12.3 Å². The van der Waals surface area contributed by atoms with Crippen LogP contribution < -0.4 is 11.4 Å². The van der Waals surface area contributed by atoms with Gasteiger partial charge in [-0.1, -0.05) is 0 Å². The van der Waals surface area contributed by atoms with Gasteiger partial charge in [0.2, 0.25) is 0 Å². The lowest BCUT2D eigenvalue weighted by molar-refractivity contribution is -0.0524. The maximum atomic E-state index is 12.0. The molecule has 0 aromatic carbocycles. The van der Waals surface area contributed by atoms with Crippen LogP contribution in [0.4, 0.5) is 5.82 Å². The normalized spacial score (nSPS) is 30.1. The molecule has 2 aromatic heterocycles. The molecule has 4 unspecified atom stereocenters. The van der Waals surface area contributed by atoms with E-state index in [9.17, 15) is 15.0 Å². The highest BCUT2D eigenvalue weighted by Gasteiger charge is 2.44. The van der Waals surface area contributed by atoms with Crippen molar-refractivity contribution in [2.24, 2.45) is 0 Å². The van der Waals surface area contributed by atoms with Gasteiger partial charge in [-0.05, 0) is 0 Å². The van der Waals surface area contributed by atoms with Gasteiger partial charge in [-0.3, -0.25) is 0 Å². The van der Waals surface area contributed by atoms with Gasteiger partial charge in [-0.25, -0.2) is 19.3 Å². The third kappa shape index (κ3) is 1.70. The third-order valence-electron chi connectivity index (χ3n) is 3.31. The summed E-state index contributed by atoms with van der Waals surface area (Å²) in [6.45, 7) is -0.483. The molecular weight excluding hydrogens is 270 g/mol. The maximum absolute atomic E-state index is 12.0. The molecule has 0 saturated carbocycles. The summed E-state index contributed by atoms with van der Waals surface area (Å²) in [6.07, 6.45) is -3.66. The standard InChI is InChI=1S/C10H13N5O5/c11-7-4-8(13-2-12-7)15(10(19)14-4)9-6(18)5(17)3(1-16)20-9/h2-3,5-6,9,16-18H,1H2,(H,14,19)(H2,11,12,13). The molecule has 0 amide bonds. The lowest BCUT2D eigenvalue weighted by Gasteiger charge is -2.15. The number of anilines is 1. The van der Waals surface area contributed by atoms with E-state index in [1.807, 2.05) is 0 Å². The van der Waals surface area contributed by atoms with Crippen molar-refractivity contribution < 1.29 is 20.1 Å². The predicted molar refractivity (Wildman–Crippen MR) is 65.6 cm³/mol. The van der Waals surface area contributed by atoms with Crippen molar-refractivity contribution in [3.8, 4) is 0 Å². The van der Waals surface area contributed by atoms with Gasteiger partial charge >= 0.3 is 5.69 Å². The number of nitrogens with two attached hydrogens (primary N) is 1. The second-order valence-electron chi connectivity index (χ2n) is 4.49. The number of H-pyrrole nitrogens is 1. The molecule has 1 fully saturated rings. The van der Waals surface area contributed by atoms with Crippen LogP contribution >= 0.6 is 0 Å². The lowest BCUT2D eigenvalue weighted by Crippen LogP contribution is -2.34. The summed E-state index contributed by atoms with van der Waals surface area (Å²) in [4.78, 5) is 22.1. The Labute approximate surface area is 111 Å². The van der Waals surface area contributed by atoms with Crippen molar-refractivity contribution in [1.82, 2.24) is 19.5 Å². The highest BCUT2D eigenvalue weighted by molar-refractivity contribution is 5.81. The molecule has 3 heterocycles. The van der Waals surface area contributed by atoms with Crippen molar-refractivity contribution in [3.05, 3.63) is 16.8 Å². The van der Waals surface area contributed by atoms with E-state index in [1.54, 1.807) is 0 Å². The van der Waals surface area contributed by atoms with E-state index in [1.165, 1.54) is 6.33 Å². The highest BCUT2D eigenvalue weighted by Crippen LogP contribution is 2.30. The van der Waals surface area contributed by atoms with Crippen molar-refractivity contribution in [1.29, 1.82) is 0 Å². The van der Waals surface area contributed by atoms with Crippen molar-refractivity contribution in [3.63, 3.8) is 0 Å². The molecule has 0 aliphatic carbocycles. The van der Waals surface area contributed by atoms with E-state index >= 15 is 0 Å². The molecule has 2 aromatic rings. The number of ether oxygens (including phenoxy) is 1.